The summed E-state index contributed by atoms with van der Waals surface area (Å²) in [7, 11) is 0. The number of carbonyl (C=O) groups is 5. The second-order valence-corrected chi connectivity index (χ2v) is 10.1. The standard InChI is InChI=1S/C26H38N2O9/c1-8-34-20(29)15-27-21(30)19(28-24(33)35-16-17-12-10-9-11-13-17)14-18(22(31)36-25(2,3)4)23(32)37-26(5,6)7/h9-13,18-19H,8,14-16H2,1-7H3,(H,27,30)(H,28,33)/t19-/m0/s1. The van der Waals surface area contributed by atoms with Crippen LogP contribution in [0.15, 0.2) is 30.3 Å². The lowest BCUT2D eigenvalue weighted by atomic mass is 9.98. The fourth-order valence-electron chi connectivity index (χ4n) is 2.90. The molecule has 0 saturated carbocycles. The van der Waals surface area contributed by atoms with Crippen LogP contribution in [-0.2, 0) is 44.7 Å². The van der Waals surface area contributed by atoms with Crippen LogP contribution < -0.4 is 10.6 Å². The van der Waals surface area contributed by atoms with E-state index in [9.17, 15) is 24.0 Å². The first kappa shape index (κ1) is 31.4. The molecular formula is C26H38N2O9. The highest BCUT2D eigenvalue weighted by atomic mass is 16.6. The average molecular weight is 523 g/mol. The molecule has 0 bridgehead atoms. The van der Waals surface area contributed by atoms with Crippen molar-refractivity contribution in [2.24, 2.45) is 5.92 Å². The quantitative estimate of drug-likeness (QED) is 0.254. The zero-order valence-electron chi connectivity index (χ0n) is 22.5. The monoisotopic (exact) mass is 522 g/mol. The van der Waals surface area contributed by atoms with E-state index >= 15 is 0 Å². The summed E-state index contributed by atoms with van der Waals surface area (Å²) in [6, 6.07) is 7.40. The van der Waals surface area contributed by atoms with Crippen molar-refractivity contribution >= 4 is 29.9 Å². The first-order valence-electron chi connectivity index (χ1n) is 12.0. The van der Waals surface area contributed by atoms with Crippen LogP contribution in [0, 0.1) is 5.92 Å². The highest BCUT2D eigenvalue weighted by molar-refractivity contribution is 5.97. The van der Waals surface area contributed by atoms with E-state index in [4.69, 9.17) is 18.9 Å². The molecule has 2 amide bonds. The minimum Gasteiger partial charge on any atom is -0.465 e. The second kappa shape index (κ2) is 14.2. The highest BCUT2D eigenvalue weighted by Crippen LogP contribution is 2.20. The number of carbonyl (C=O) groups excluding carboxylic acids is 5. The maximum absolute atomic E-state index is 12.9. The smallest absolute Gasteiger partial charge is 0.408 e. The van der Waals surface area contributed by atoms with Gasteiger partial charge in [-0.05, 0) is 54.0 Å². The molecule has 0 aliphatic rings. The van der Waals surface area contributed by atoms with Crippen LogP contribution in [0.2, 0.25) is 0 Å². The topological polar surface area (TPSA) is 146 Å². The third kappa shape index (κ3) is 13.3. The van der Waals surface area contributed by atoms with Gasteiger partial charge in [-0.1, -0.05) is 30.3 Å². The largest absolute Gasteiger partial charge is 0.465 e. The summed E-state index contributed by atoms with van der Waals surface area (Å²) in [6.07, 6.45) is -1.47. The van der Waals surface area contributed by atoms with Crippen molar-refractivity contribution < 1.29 is 42.9 Å². The predicted molar refractivity (Wildman–Crippen MR) is 133 cm³/mol. The lowest BCUT2D eigenvalue weighted by Gasteiger charge is -2.28. The molecule has 0 heterocycles. The van der Waals surface area contributed by atoms with Crippen LogP contribution in [0.3, 0.4) is 0 Å². The van der Waals surface area contributed by atoms with Gasteiger partial charge in [0.1, 0.15) is 30.4 Å². The molecule has 0 saturated heterocycles. The van der Waals surface area contributed by atoms with Crippen molar-refractivity contribution in [3.8, 4) is 0 Å². The van der Waals surface area contributed by atoms with E-state index in [0.717, 1.165) is 0 Å². The van der Waals surface area contributed by atoms with Crippen molar-refractivity contribution in [1.29, 1.82) is 0 Å². The molecule has 1 aromatic rings. The Morgan fingerprint density at radius 1 is 0.838 bits per heavy atom. The Kier molecular flexibility index (Phi) is 12.0. The van der Waals surface area contributed by atoms with Gasteiger partial charge < -0.3 is 29.6 Å². The molecule has 1 aromatic carbocycles. The molecule has 0 aliphatic carbocycles. The van der Waals surface area contributed by atoms with E-state index in [1.54, 1.807) is 78.8 Å². The Hall–Kier alpha value is -3.63. The maximum atomic E-state index is 12.9. The van der Waals surface area contributed by atoms with Crippen LogP contribution in [0.5, 0.6) is 0 Å². The molecule has 37 heavy (non-hydrogen) atoms. The van der Waals surface area contributed by atoms with Crippen LogP contribution in [0.4, 0.5) is 4.79 Å². The molecule has 0 unspecified atom stereocenters. The first-order valence-corrected chi connectivity index (χ1v) is 12.0. The van der Waals surface area contributed by atoms with Gasteiger partial charge in [0.2, 0.25) is 5.91 Å². The van der Waals surface area contributed by atoms with Gasteiger partial charge in [-0.2, -0.15) is 0 Å². The van der Waals surface area contributed by atoms with Gasteiger partial charge in [0.25, 0.3) is 0 Å². The number of rotatable bonds is 11. The third-order valence-corrected chi connectivity index (χ3v) is 4.39. The molecule has 0 spiro atoms. The summed E-state index contributed by atoms with van der Waals surface area (Å²) in [5.74, 6) is -4.93. The van der Waals surface area contributed by atoms with Crippen molar-refractivity contribution in [2.45, 2.75) is 78.7 Å². The summed E-state index contributed by atoms with van der Waals surface area (Å²) in [5.41, 5.74) is -1.15. The average Bonchev–Trinajstić information content (AvgIpc) is 2.77. The van der Waals surface area contributed by atoms with Gasteiger partial charge in [0, 0.05) is 6.42 Å². The fourth-order valence-corrected chi connectivity index (χ4v) is 2.90. The Balaban J connectivity index is 3.12. The maximum Gasteiger partial charge on any atom is 0.408 e. The molecule has 11 heteroatoms. The first-order chi connectivity index (χ1) is 17.1. The van der Waals surface area contributed by atoms with Crippen molar-refractivity contribution in [2.75, 3.05) is 13.2 Å². The number of hydrogen-bond acceptors (Lipinski definition) is 9. The van der Waals surface area contributed by atoms with Gasteiger partial charge in [-0.3, -0.25) is 19.2 Å². The van der Waals surface area contributed by atoms with Crippen LogP contribution >= 0.6 is 0 Å². The van der Waals surface area contributed by atoms with Crippen LogP contribution in [0.25, 0.3) is 0 Å². The number of alkyl carbamates (subject to hydrolysis) is 1. The summed E-state index contributed by atoms with van der Waals surface area (Å²) >= 11 is 0. The molecule has 11 nitrogen and oxygen atoms in total. The lowest BCUT2D eigenvalue weighted by Crippen LogP contribution is -2.51. The molecule has 206 valence electrons. The Labute approximate surface area is 217 Å². The summed E-state index contributed by atoms with van der Waals surface area (Å²) in [6.45, 7) is 10.9. The fraction of sp³-hybridized carbons (Fsp3) is 0.577. The number of nitrogens with one attached hydrogen (secondary N) is 2. The number of hydrogen-bond donors (Lipinski definition) is 2. The number of amides is 2. The summed E-state index contributed by atoms with van der Waals surface area (Å²) < 4.78 is 20.7. The molecule has 0 aliphatic heterocycles. The molecule has 1 atom stereocenters. The van der Waals surface area contributed by atoms with E-state index in [2.05, 4.69) is 10.6 Å². The summed E-state index contributed by atoms with van der Waals surface area (Å²) in [5, 5.41) is 4.71. The normalized spacial score (nSPS) is 12.2. The SMILES string of the molecule is CCOC(=O)CNC(=O)[C@H](CC(C(=O)OC(C)(C)C)C(=O)OC(C)(C)C)NC(=O)OCc1ccccc1. The number of ether oxygens (including phenoxy) is 4. The van der Waals surface area contributed by atoms with Gasteiger partial charge >= 0.3 is 24.0 Å². The zero-order chi connectivity index (χ0) is 28.2. The van der Waals surface area contributed by atoms with E-state index in [1.165, 1.54) is 0 Å². The Morgan fingerprint density at radius 3 is 1.86 bits per heavy atom. The van der Waals surface area contributed by atoms with Crippen molar-refractivity contribution in [3.05, 3.63) is 35.9 Å². The summed E-state index contributed by atoms with van der Waals surface area (Å²) in [4.78, 5) is 63.0. The molecule has 0 aromatic heterocycles. The van der Waals surface area contributed by atoms with Crippen LogP contribution in [0.1, 0.15) is 60.5 Å². The molecule has 2 N–H and O–H groups in total. The third-order valence-electron chi connectivity index (χ3n) is 4.39. The van der Waals surface area contributed by atoms with E-state index < -0.39 is 66.0 Å². The van der Waals surface area contributed by atoms with Crippen LogP contribution in [-0.4, -0.2) is 60.3 Å². The minimum absolute atomic E-state index is 0.0780. The van der Waals surface area contributed by atoms with Gasteiger partial charge in [-0.15, -0.1) is 0 Å². The van der Waals surface area contributed by atoms with Crippen molar-refractivity contribution in [1.82, 2.24) is 10.6 Å². The van der Waals surface area contributed by atoms with E-state index in [-0.39, 0.29) is 13.2 Å². The lowest BCUT2D eigenvalue weighted by molar-refractivity contribution is -0.175. The second-order valence-electron chi connectivity index (χ2n) is 10.1. The van der Waals surface area contributed by atoms with Gasteiger partial charge in [-0.25, -0.2) is 4.79 Å². The highest BCUT2D eigenvalue weighted by Gasteiger charge is 2.39. The van der Waals surface area contributed by atoms with Crippen molar-refractivity contribution in [3.63, 3.8) is 0 Å². The molecule has 0 fully saturated rings. The van der Waals surface area contributed by atoms with E-state index in [1.807, 2.05) is 0 Å². The number of esters is 3. The Morgan fingerprint density at radius 2 is 1.38 bits per heavy atom. The van der Waals surface area contributed by atoms with Gasteiger partial charge in [0.15, 0.2) is 5.92 Å². The zero-order valence-corrected chi connectivity index (χ0v) is 22.5. The number of benzene rings is 1. The predicted octanol–water partition coefficient (Wildman–Crippen LogP) is 2.65. The minimum atomic E-state index is -1.55. The molecule has 1 rings (SSSR count). The molecule has 0 radical (unpaired) electrons. The molecular weight excluding hydrogens is 484 g/mol. The van der Waals surface area contributed by atoms with E-state index in [0.29, 0.717) is 5.56 Å². The van der Waals surface area contributed by atoms with Gasteiger partial charge in [0.05, 0.1) is 6.61 Å². The Bertz CT molecular complexity index is 906.